The molecule has 3 saturated carbocycles. The lowest BCUT2D eigenvalue weighted by Gasteiger charge is -2.59. The average molecular weight is 765 g/mol. The van der Waals surface area contributed by atoms with Crippen molar-refractivity contribution < 1.29 is 38.3 Å². The van der Waals surface area contributed by atoms with Gasteiger partial charge in [-0.15, -0.1) is 0 Å². The zero-order chi connectivity index (χ0) is 40.5. The van der Waals surface area contributed by atoms with Crippen molar-refractivity contribution in [2.75, 3.05) is 0 Å². The van der Waals surface area contributed by atoms with Gasteiger partial charge in [0.2, 0.25) is 0 Å². The Balaban J connectivity index is 1.22. The minimum Gasteiger partial charge on any atom is -0.461 e. The number of nitrogens with zero attached hydrogens (tertiary/aromatic N) is 1. The molecule has 1 aromatic rings. The molecule has 0 radical (unpaired) electrons. The van der Waals surface area contributed by atoms with Gasteiger partial charge in [-0.1, -0.05) is 32.9 Å². The summed E-state index contributed by atoms with van der Waals surface area (Å²) in [7, 11) is 0. The number of non-ortho nitro benzene ring substituents is 1. The third kappa shape index (κ3) is 9.98. The van der Waals surface area contributed by atoms with Gasteiger partial charge in [0.15, 0.2) is 0 Å². The number of rotatable bonds is 12. The summed E-state index contributed by atoms with van der Waals surface area (Å²) in [5, 5.41) is 13.8. The molecular weight excluding hydrogens is 700 g/mol. The van der Waals surface area contributed by atoms with Crippen LogP contribution < -0.4 is 5.32 Å². The Morgan fingerprint density at radius 2 is 1.51 bits per heavy atom. The lowest BCUT2D eigenvalue weighted by Crippen LogP contribution is -2.53. The summed E-state index contributed by atoms with van der Waals surface area (Å²) in [6, 6.07) is 4.05. The van der Waals surface area contributed by atoms with Crippen LogP contribution in [-0.4, -0.2) is 52.1 Å². The van der Waals surface area contributed by atoms with E-state index in [0.29, 0.717) is 41.9 Å². The highest BCUT2D eigenvalue weighted by atomic mass is 16.6. The van der Waals surface area contributed by atoms with Gasteiger partial charge in [0.25, 0.3) is 11.6 Å². The first-order valence-corrected chi connectivity index (χ1v) is 20.5. The molecule has 1 aromatic carbocycles. The van der Waals surface area contributed by atoms with Gasteiger partial charge in [-0.25, -0.2) is 4.79 Å². The molecule has 7 unspecified atom stereocenters. The Morgan fingerprint density at radius 1 is 0.891 bits per heavy atom. The number of nitro benzene ring substituents is 1. The number of fused-ring (bicyclic) bond motifs is 5. The van der Waals surface area contributed by atoms with Gasteiger partial charge < -0.3 is 19.5 Å². The van der Waals surface area contributed by atoms with E-state index in [0.717, 1.165) is 38.5 Å². The number of nitro groups is 1. The number of hydrogen-bond acceptors (Lipinski definition) is 9. The molecule has 1 N–H and O–H groups in total. The van der Waals surface area contributed by atoms with E-state index in [2.05, 4.69) is 38.2 Å². The number of benzene rings is 1. The number of carbonyl (C=O) groups excluding carboxylic acids is 4. The van der Waals surface area contributed by atoms with E-state index < -0.39 is 40.0 Å². The van der Waals surface area contributed by atoms with Crippen molar-refractivity contribution in [2.45, 2.75) is 156 Å². The van der Waals surface area contributed by atoms with Gasteiger partial charge in [-0.3, -0.25) is 24.5 Å². The third-order valence-corrected chi connectivity index (χ3v) is 13.3. The first kappa shape index (κ1) is 42.4. The maximum Gasteiger partial charge on any atom is 0.328 e. The molecule has 4 aliphatic carbocycles. The standard InChI is InChI=1S/C44H64N2O9/c1-27(10-20-37(47)54-41(2,3)4)33-17-18-34-32-16-13-29-26-31(22-24-43(29,8)35(32)23-25-44(33,34)9)53-40(50)36(19-21-38(48)55-42(5,6)7)45-39(49)28-11-14-30(15-12-28)46(51)52/h11-12,14-15,23,25,27,29,31-36H,10,13,16-22,24,26H2,1-9H3,(H,45,49)/t27-,29?,31-,32?,33?,34?,35?,36+,43?,44?/m1/s1. The lowest BCUT2D eigenvalue weighted by molar-refractivity contribution is -0.384. The van der Waals surface area contributed by atoms with Crippen LogP contribution >= 0.6 is 0 Å². The van der Waals surface area contributed by atoms with Crippen molar-refractivity contribution in [3.05, 3.63) is 52.1 Å². The molecule has 0 spiro atoms. The van der Waals surface area contributed by atoms with Crippen LogP contribution in [0.15, 0.2) is 36.4 Å². The summed E-state index contributed by atoms with van der Waals surface area (Å²) >= 11 is 0. The van der Waals surface area contributed by atoms with E-state index in [1.54, 1.807) is 20.8 Å². The van der Waals surface area contributed by atoms with Gasteiger partial charge in [0.1, 0.15) is 23.3 Å². The van der Waals surface area contributed by atoms with Gasteiger partial charge in [0.05, 0.1) is 4.92 Å². The summed E-state index contributed by atoms with van der Waals surface area (Å²) in [6.07, 6.45) is 12.9. The van der Waals surface area contributed by atoms with Crippen LogP contribution in [0.4, 0.5) is 5.69 Å². The number of hydrogen-bond donors (Lipinski definition) is 1. The van der Waals surface area contributed by atoms with Crippen LogP contribution in [0.5, 0.6) is 0 Å². The number of nitrogens with one attached hydrogen (secondary N) is 1. The first-order valence-electron chi connectivity index (χ1n) is 20.5. The predicted octanol–water partition coefficient (Wildman–Crippen LogP) is 8.92. The Kier molecular flexibility index (Phi) is 12.6. The molecular formula is C44H64N2O9. The number of allylic oxidation sites excluding steroid dienone is 2. The Morgan fingerprint density at radius 3 is 2.11 bits per heavy atom. The molecule has 304 valence electrons. The molecule has 0 aromatic heterocycles. The van der Waals surface area contributed by atoms with Crippen LogP contribution in [0.3, 0.4) is 0 Å². The highest BCUT2D eigenvalue weighted by molar-refractivity contribution is 5.97. The highest BCUT2D eigenvalue weighted by Gasteiger charge is 2.59. The quantitative estimate of drug-likeness (QED) is 0.0723. The van der Waals surface area contributed by atoms with Crippen LogP contribution in [0, 0.1) is 56.5 Å². The Labute approximate surface area is 327 Å². The molecule has 0 aliphatic heterocycles. The normalized spacial score (nSPS) is 31.1. The van der Waals surface area contributed by atoms with Crippen LogP contribution in [-0.2, 0) is 28.6 Å². The average Bonchev–Trinajstić information content (AvgIpc) is 3.45. The lowest BCUT2D eigenvalue weighted by atomic mass is 9.46. The van der Waals surface area contributed by atoms with Crippen molar-refractivity contribution in [2.24, 2.45) is 46.3 Å². The van der Waals surface area contributed by atoms with Crippen LogP contribution in [0.1, 0.15) is 143 Å². The van der Waals surface area contributed by atoms with E-state index in [1.807, 2.05) is 20.8 Å². The minimum absolute atomic E-state index is 0.00431. The molecule has 4 aliphatic rings. The zero-order valence-electron chi connectivity index (χ0n) is 34.5. The number of ether oxygens (including phenoxy) is 3. The number of amides is 1. The summed E-state index contributed by atoms with van der Waals surface area (Å²) in [5.41, 5.74) is -0.962. The molecule has 11 nitrogen and oxygen atoms in total. The van der Waals surface area contributed by atoms with E-state index in [9.17, 15) is 29.3 Å². The maximum atomic E-state index is 13.8. The summed E-state index contributed by atoms with van der Waals surface area (Å²) < 4.78 is 17.2. The molecule has 1 amide bonds. The van der Waals surface area contributed by atoms with E-state index in [1.165, 1.54) is 37.1 Å². The molecule has 0 heterocycles. The fourth-order valence-corrected chi connectivity index (χ4v) is 10.7. The Bertz CT molecular complexity index is 1620. The second-order valence-corrected chi connectivity index (χ2v) is 19.4. The molecule has 3 fully saturated rings. The van der Waals surface area contributed by atoms with Gasteiger partial charge in [-0.2, -0.15) is 0 Å². The fraction of sp³-hybridized carbons (Fsp3) is 0.727. The second-order valence-electron chi connectivity index (χ2n) is 19.4. The molecule has 11 heteroatoms. The highest BCUT2D eigenvalue weighted by Crippen LogP contribution is 2.66. The van der Waals surface area contributed by atoms with Crippen LogP contribution in [0.2, 0.25) is 0 Å². The SMILES string of the molecule is C[C@H](CCC(=O)OC(C)(C)C)C1CCC2C3CCC4C[C@H](OC(=O)[C@H](CCC(=O)OC(C)(C)C)NC(=O)c5ccc([N+](=O)[O-])cc5)CCC4(C)C3C=CC21C. The molecule has 55 heavy (non-hydrogen) atoms. The van der Waals surface area contributed by atoms with Gasteiger partial charge >= 0.3 is 17.9 Å². The van der Waals surface area contributed by atoms with Crippen molar-refractivity contribution >= 4 is 29.5 Å². The topological polar surface area (TPSA) is 151 Å². The van der Waals surface area contributed by atoms with E-state index in [-0.39, 0.29) is 47.0 Å². The third-order valence-electron chi connectivity index (χ3n) is 13.3. The predicted molar refractivity (Wildman–Crippen MR) is 209 cm³/mol. The molecule has 0 saturated heterocycles. The summed E-state index contributed by atoms with van der Waals surface area (Å²) in [5.74, 6) is 1.23. The van der Waals surface area contributed by atoms with Crippen LogP contribution in [0.25, 0.3) is 0 Å². The second kappa shape index (κ2) is 16.4. The largest absolute Gasteiger partial charge is 0.461 e. The smallest absolute Gasteiger partial charge is 0.328 e. The summed E-state index contributed by atoms with van der Waals surface area (Å²) in [6.45, 7) is 18.2. The zero-order valence-corrected chi connectivity index (χ0v) is 34.5. The van der Waals surface area contributed by atoms with Gasteiger partial charge in [-0.05, 0) is 158 Å². The van der Waals surface area contributed by atoms with Crippen molar-refractivity contribution in [3.8, 4) is 0 Å². The molecule has 5 rings (SSSR count). The monoisotopic (exact) mass is 764 g/mol. The van der Waals surface area contributed by atoms with Crippen molar-refractivity contribution in [1.82, 2.24) is 5.32 Å². The fourth-order valence-electron chi connectivity index (χ4n) is 10.7. The molecule has 10 atom stereocenters. The summed E-state index contributed by atoms with van der Waals surface area (Å²) in [4.78, 5) is 62.6. The van der Waals surface area contributed by atoms with E-state index >= 15 is 0 Å². The van der Waals surface area contributed by atoms with Crippen molar-refractivity contribution in [1.29, 1.82) is 0 Å². The van der Waals surface area contributed by atoms with E-state index in [4.69, 9.17) is 14.2 Å². The molecule has 0 bridgehead atoms. The van der Waals surface area contributed by atoms with Crippen molar-refractivity contribution in [3.63, 3.8) is 0 Å². The number of carbonyl (C=O) groups is 4. The minimum atomic E-state index is -1.10. The first-order chi connectivity index (χ1) is 25.6. The Hall–Kier alpha value is -3.76. The number of esters is 3. The van der Waals surface area contributed by atoms with Gasteiger partial charge in [0, 0.05) is 30.5 Å². The maximum absolute atomic E-state index is 13.8.